The van der Waals surface area contributed by atoms with Gasteiger partial charge in [-0.3, -0.25) is 14.4 Å². The van der Waals surface area contributed by atoms with Crippen LogP contribution in [-0.4, -0.2) is 43.0 Å². The van der Waals surface area contributed by atoms with Crippen LogP contribution >= 0.6 is 31.9 Å². The highest BCUT2D eigenvalue weighted by Crippen LogP contribution is 2.28. The van der Waals surface area contributed by atoms with Gasteiger partial charge in [-0.1, -0.05) is 0 Å². The first-order valence-corrected chi connectivity index (χ1v) is 10.2. The van der Waals surface area contributed by atoms with Crippen LogP contribution in [0.25, 0.3) is 0 Å². The molecule has 26 heavy (non-hydrogen) atoms. The van der Waals surface area contributed by atoms with Gasteiger partial charge in [0, 0.05) is 19.0 Å². The van der Waals surface area contributed by atoms with Crippen LogP contribution in [0.4, 0.5) is 0 Å². The van der Waals surface area contributed by atoms with Crippen LogP contribution in [0.1, 0.15) is 42.6 Å². The van der Waals surface area contributed by atoms with Gasteiger partial charge in [-0.15, -0.1) is 0 Å². The molecule has 1 aromatic heterocycles. The van der Waals surface area contributed by atoms with Crippen molar-refractivity contribution in [1.29, 1.82) is 0 Å². The molecule has 1 aliphatic carbocycles. The van der Waals surface area contributed by atoms with Crippen LogP contribution < -0.4 is 10.6 Å². The number of carbonyl (C=O) groups excluding carboxylic acids is 3. The Balaban J connectivity index is 1.67. The second kappa shape index (κ2) is 10.1. The quantitative estimate of drug-likeness (QED) is 0.509. The highest BCUT2D eigenvalue weighted by atomic mass is 79.9. The van der Waals surface area contributed by atoms with Gasteiger partial charge in [0.15, 0.2) is 0 Å². The molecule has 7 nitrogen and oxygen atoms in total. The highest BCUT2D eigenvalue weighted by molar-refractivity contribution is 9.13. The van der Waals surface area contributed by atoms with Gasteiger partial charge in [-0.25, -0.2) is 0 Å². The van der Waals surface area contributed by atoms with Gasteiger partial charge >= 0.3 is 5.97 Å². The van der Waals surface area contributed by atoms with E-state index >= 15 is 0 Å². The van der Waals surface area contributed by atoms with Crippen molar-refractivity contribution in [2.75, 3.05) is 20.2 Å². The van der Waals surface area contributed by atoms with E-state index in [1.54, 1.807) is 6.07 Å². The Kier molecular flexibility index (Phi) is 8.15. The number of carbonyl (C=O) groups is 3. The maximum absolute atomic E-state index is 12.1. The number of aromatic nitrogens is 1. The summed E-state index contributed by atoms with van der Waals surface area (Å²) in [5.74, 6) is -0.114. The number of ether oxygens (including phenoxy) is 1. The van der Waals surface area contributed by atoms with Crippen LogP contribution in [0, 0.1) is 11.8 Å². The van der Waals surface area contributed by atoms with Crippen molar-refractivity contribution >= 4 is 49.6 Å². The van der Waals surface area contributed by atoms with Gasteiger partial charge < -0.3 is 20.4 Å². The lowest BCUT2D eigenvalue weighted by molar-refractivity contribution is -0.140. The van der Waals surface area contributed by atoms with Crippen molar-refractivity contribution in [3.05, 3.63) is 20.8 Å². The minimum absolute atomic E-state index is 0.00234. The molecular formula is C17H23Br2N3O4. The molecule has 0 bridgehead atoms. The van der Waals surface area contributed by atoms with E-state index in [4.69, 9.17) is 0 Å². The van der Waals surface area contributed by atoms with E-state index in [1.165, 1.54) is 7.11 Å². The zero-order valence-corrected chi connectivity index (χ0v) is 17.7. The molecule has 0 aromatic carbocycles. The topological polar surface area (TPSA) is 100 Å². The number of hydrogen-bond acceptors (Lipinski definition) is 4. The average molecular weight is 493 g/mol. The summed E-state index contributed by atoms with van der Waals surface area (Å²) < 4.78 is 6.09. The second-order valence-corrected chi connectivity index (χ2v) is 8.04. The fourth-order valence-electron chi connectivity index (χ4n) is 3.02. The van der Waals surface area contributed by atoms with Gasteiger partial charge in [-0.05, 0) is 69.5 Å². The first-order valence-electron chi connectivity index (χ1n) is 8.57. The lowest BCUT2D eigenvalue weighted by atomic mass is 9.81. The third kappa shape index (κ3) is 6.12. The molecule has 0 unspecified atom stereocenters. The summed E-state index contributed by atoms with van der Waals surface area (Å²) in [6.45, 7) is 0.909. The van der Waals surface area contributed by atoms with E-state index in [2.05, 4.69) is 52.2 Å². The van der Waals surface area contributed by atoms with E-state index in [0.717, 1.165) is 34.8 Å². The molecule has 9 heteroatoms. The molecular weight excluding hydrogens is 470 g/mol. The van der Waals surface area contributed by atoms with Gasteiger partial charge in [0.2, 0.25) is 5.91 Å². The molecule has 0 atom stereocenters. The molecule has 2 rings (SSSR count). The summed E-state index contributed by atoms with van der Waals surface area (Å²) in [7, 11) is 1.33. The molecule has 0 saturated heterocycles. The molecule has 1 fully saturated rings. The second-order valence-electron chi connectivity index (χ2n) is 6.39. The summed E-state index contributed by atoms with van der Waals surface area (Å²) in [6.07, 6.45) is 3.57. The van der Waals surface area contributed by atoms with Crippen LogP contribution in [0.2, 0.25) is 0 Å². The lowest BCUT2D eigenvalue weighted by Crippen LogP contribution is -2.37. The zero-order chi connectivity index (χ0) is 19.1. The maximum atomic E-state index is 12.1. The Morgan fingerprint density at radius 1 is 1.19 bits per heavy atom. The van der Waals surface area contributed by atoms with E-state index in [0.29, 0.717) is 24.7 Å². The summed E-state index contributed by atoms with van der Waals surface area (Å²) in [5, 5.41) is 5.73. The first-order chi connectivity index (χ1) is 12.4. The minimum Gasteiger partial charge on any atom is -0.469 e. The van der Waals surface area contributed by atoms with Crippen molar-refractivity contribution in [3.8, 4) is 0 Å². The molecule has 144 valence electrons. The standard InChI is InChI=1S/C17H23Br2N3O4/c1-26-14(23)6-7-20-16(24)11-4-2-10(3-5-11)9-21-17(25)13-8-12(18)15(19)22-13/h8,10-11,22H,2-7,9H2,1H3,(H,20,24)(H,21,25). The number of methoxy groups -OCH3 is 1. The predicted molar refractivity (Wildman–Crippen MR) is 104 cm³/mol. The number of hydrogen-bond donors (Lipinski definition) is 3. The Labute approximate surface area is 169 Å². The molecule has 1 heterocycles. The SMILES string of the molecule is COC(=O)CCNC(=O)C1CCC(CNC(=O)c2cc(Br)c(Br)[nH]2)CC1. The van der Waals surface area contributed by atoms with Gasteiger partial charge in [0.1, 0.15) is 5.69 Å². The zero-order valence-electron chi connectivity index (χ0n) is 14.6. The Hall–Kier alpha value is -1.35. The summed E-state index contributed by atoms with van der Waals surface area (Å²) >= 11 is 6.66. The Bertz CT molecular complexity index is 635. The van der Waals surface area contributed by atoms with E-state index < -0.39 is 0 Å². The number of amides is 2. The highest BCUT2D eigenvalue weighted by Gasteiger charge is 2.26. The average Bonchev–Trinajstić information content (AvgIpc) is 2.98. The van der Waals surface area contributed by atoms with Gasteiger partial charge in [-0.2, -0.15) is 0 Å². The first kappa shape index (κ1) is 21.0. The number of nitrogens with one attached hydrogen (secondary N) is 3. The van der Waals surface area contributed by atoms with Crippen LogP contribution in [0.15, 0.2) is 15.1 Å². The normalized spacial score (nSPS) is 19.7. The summed E-state index contributed by atoms with van der Waals surface area (Å²) in [4.78, 5) is 38.3. The van der Waals surface area contributed by atoms with Crippen LogP contribution in [0.3, 0.4) is 0 Å². The fraction of sp³-hybridized carbons (Fsp3) is 0.588. The third-order valence-corrected chi connectivity index (χ3v) is 6.38. The van der Waals surface area contributed by atoms with Crippen molar-refractivity contribution in [2.45, 2.75) is 32.1 Å². The predicted octanol–water partition coefficient (Wildman–Crippen LogP) is 2.76. The van der Waals surface area contributed by atoms with Crippen LogP contribution in [-0.2, 0) is 14.3 Å². The number of aromatic amines is 1. The smallest absolute Gasteiger partial charge is 0.307 e. The van der Waals surface area contributed by atoms with E-state index in [9.17, 15) is 14.4 Å². The van der Waals surface area contributed by atoms with Crippen molar-refractivity contribution in [3.63, 3.8) is 0 Å². The van der Waals surface area contributed by atoms with Gasteiger partial charge in [0.25, 0.3) is 5.91 Å². The molecule has 0 spiro atoms. The monoisotopic (exact) mass is 491 g/mol. The summed E-state index contributed by atoms with van der Waals surface area (Å²) in [5.41, 5.74) is 0.502. The number of rotatable bonds is 7. The van der Waals surface area contributed by atoms with Crippen molar-refractivity contribution in [1.82, 2.24) is 15.6 Å². The molecule has 0 aliphatic heterocycles. The number of esters is 1. The molecule has 1 aromatic rings. The lowest BCUT2D eigenvalue weighted by Gasteiger charge is -2.27. The van der Waals surface area contributed by atoms with E-state index in [1.807, 2.05) is 0 Å². The largest absolute Gasteiger partial charge is 0.469 e. The fourth-order valence-corrected chi connectivity index (χ4v) is 3.68. The number of H-pyrrole nitrogens is 1. The molecule has 2 amide bonds. The Morgan fingerprint density at radius 2 is 1.88 bits per heavy atom. The molecule has 3 N–H and O–H groups in total. The van der Waals surface area contributed by atoms with Crippen molar-refractivity contribution in [2.24, 2.45) is 11.8 Å². The minimum atomic E-state index is -0.328. The van der Waals surface area contributed by atoms with Gasteiger partial charge in [0.05, 0.1) is 22.6 Å². The number of halogens is 2. The van der Waals surface area contributed by atoms with E-state index in [-0.39, 0.29) is 30.1 Å². The summed E-state index contributed by atoms with van der Waals surface area (Å²) in [6, 6.07) is 1.73. The maximum Gasteiger partial charge on any atom is 0.307 e. The Morgan fingerprint density at radius 3 is 2.46 bits per heavy atom. The molecule has 1 aliphatic rings. The molecule has 1 saturated carbocycles. The third-order valence-electron chi connectivity index (χ3n) is 4.59. The van der Waals surface area contributed by atoms with Crippen molar-refractivity contribution < 1.29 is 19.1 Å². The van der Waals surface area contributed by atoms with Crippen LogP contribution in [0.5, 0.6) is 0 Å². The molecule has 0 radical (unpaired) electrons.